The van der Waals surface area contributed by atoms with Gasteiger partial charge in [-0.05, 0) is 51.6 Å². The topological polar surface area (TPSA) is 40.6 Å². The molecule has 0 N–H and O–H groups in total. The van der Waals surface area contributed by atoms with E-state index in [0.29, 0.717) is 18.7 Å². The van der Waals surface area contributed by atoms with Crippen LogP contribution >= 0.6 is 0 Å². The summed E-state index contributed by atoms with van der Waals surface area (Å²) in [6.45, 7) is 2.62. The first-order valence-corrected chi connectivity index (χ1v) is 8.19. The van der Waals surface area contributed by atoms with Gasteiger partial charge in [-0.1, -0.05) is 6.07 Å². The molecule has 0 radical (unpaired) electrons. The van der Waals surface area contributed by atoms with Gasteiger partial charge in [-0.15, -0.1) is 0 Å². The third-order valence-electron chi connectivity index (χ3n) is 3.79. The molecule has 1 aromatic rings. The molecule has 0 amide bonds. The van der Waals surface area contributed by atoms with Crippen molar-refractivity contribution in [3.63, 3.8) is 0 Å². The van der Waals surface area contributed by atoms with Crippen LogP contribution in [0.4, 0.5) is 4.39 Å². The Kier molecular flexibility index (Phi) is 4.46. The van der Waals surface area contributed by atoms with Crippen molar-refractivity contribution < 1.29 is 12.8 Å². The highest BCUT2D eigenvalue weighted by molar-refractivity contribution is 7.89. The van der Waals surface area contributed by atoms with E-state index in [1.807, 2.05) is 19.0 Å². The number of piperidine rings is 1. The van der Waals surface area contributed by atoms with Gasteiger partial charge in [-0.2, -0.15) is 4.31 Å². The standard InChI is InChI=1S/C14H21FN2O2S/c1-11-6-7-14(13(15)9-11)20(18,19)17-8-4-5-12(10-17)16(2)3/h6-7,9,12H,4-5,8,10H2,1-3H3. The number of sulfonamides is 1. The lowest BCUT2D eigenvalue weighted by Gasteiger charge is -2.35. The summed E-state index contributed by atoms with van der Waals surface area (Å²) in [4.78, 5) is 1.80. The first-order chi connectivity index (χ1) is 9.32. The van der Waals surface area contributed by atoms with Crippen molar-refractivity contribution in [1.29, 1.82) is 0 Å². The number of nitrogens with zero attached hydrogens (tertiary/aromatic N) is 2. The van der Waals surface area contributed by atoms with Crippen molar-refractivity contribution in [2.45, 2.75) is 30.7 Å². The van der Waals surface area contributed by atoms with Crippen molar-refractivity contribution in [2.75, 3.05) is 27.2 Å². The second-order valence-electron chi connectivity index (χ2n) is 5.56. The first-order valence-electron chi connectivity index (χ1n) is 6.75. The van der Waals surface area contributed by atoms with Crippen LogP contribution in [0.1, 0.15) is 18.4 Å². The lowest BCUT2D eigenvalue weighted by atomic mass is 10.1. The van der Waals surface area contributed by atoms with E-state index in [4.69, 9.17) is 0 Å². The number of hydrogen-bond donors (Lipinski definition) is 0. The predicted octanol–water partition coefficient (Wildman–Crippen LogP) is 1.85. The fraction of sp³-hybridized carbons (Fsp3) is 0.571. The number of hydrogen-bond acceptors (Lipinski definition) is 3. The molecule has 6 heteroatoms. The van der Waals surface area contributed by atoms with Gasteiger partial charge >= 0.3 is 0 Å². The molecular weight excluding hydrogens is 279 g/mol. The summed E-state index contributed by atoms with van der Waals surface area (Å²) >= 11 is 0. The SMILES string of the molecule is Cc1ccc(S(=O)(=O)N2CCCC(N(C)C)C2)c(F)c1. The van der Waals surface area contributed by atoms with E-state index in [9.17, 15) is 12.8 Å². The summed E-state index contributed by atoms with van der Waals surface area (Å²) in [5.74, 6) is -0.669. The molecule has 0 aliphatic carbocycles. The zero-order chi connectivity index (χ0) is 14.9. The van der Waals surface area contributed by atoms with E-state index >= 15 is 0 Å². The number of rotatable bonds is 3. The van der Waals surface area contributed by atoms with Gasteiger partial charge in [-0.3, -0.25) is 0 Å². The molecule has 0 bridgehead atoms. The average Bonchev–Trinajstić information content (AvgIpc) is 2.38. The molecule has 1 unspecified atom stereocenters. The Balaban J connectivity index is 2.30. The second-order valence-corrected chi connectivity index (χ2v) is 7.46. The average molecular weight is 300 g/mol. The molecule has 1 saturated heterocycles. The number of benzene rings is 1. The van der Waals surface area contributed by atoms with Gasteiger partial charge in [0.15, 0.2) is 0 Å². The zero-order valence-electron chi connectivity index (χ0n) is 12.1. The molecule has 112 valence electrons. The maximum Gasteiger partial charge on any atom is 0.246 e. The Morgan fingerprint density at radius 3 is 2.65 bits per heavy atom. The fourth-order valence-corrected chi connectivity index (χ4v) is 4.08. The normalized spacial score (nSPS) is 21.4. The van der Waals surface area contributed by atoms with Gasteiger partial charge in [0, 0.05) is 19.1 Å². The summed E-state index contributed by atoms with van der Waals surface area (Å²) in [5, 5.41) is 0. The monoisotopic (exact) mass is 300 g/mol. The van der Waals surface area contributed by atoms with Gasteiger partial charge in [0.05, 0.1) is 0 Å². The minimum absolute atomic E-state index is 0.187. The highest BCUT2D eigenvalue weighted by Crippen LogP contribution is 2.24. The lowest BCUT2D eigenvalue weighted by molar-refractivity contribution is 0.190. The van der Waals surface area contributed by atoms with Gasteiger partial charge < -0.3 is 4.90 Å². The van der Waals surface area contributed by atoms with Crippen LogP contribution in [0.25, 0.3) is 0 Å². The molecule has 1 atom stereocenters. The quantitative estimate of drug-likeness (QED) is 0.855. The van der Waals surface area contributed by atoms with E-state index < -0.39 is 15.8 Å². The molecule has 4 nitrogen and oxygen atoms in total. The van der Waals surface area contributed by atoms with Crippen molar-refractivity contribution in [3.8, 4) is 0 Å². The summed E-state index contributed by atoms with van der Waals surface area (Å²) < 4.78 is 40.4. The Morgan fingerprint density at radius 1 is 1.35 bits per heavy atom. The lowest BCUT2D eigenvalue weighted by Crippen LogP contribution is -2.47. The first kappa shape index (κ1) is 15.4. The highest BCUT2D eigenvalue weighted by atomic mass is 32.2. The summed E-state index contributed by atoms with van der Waals surface area (Å²) in [7, 11) is 0.131. The van der Waals surface area contributed by atoms with Gasteiger partial charge in [-0.25, -0.2) is 12.8 Å². The maximum absolute atomic E-state index is 13.9. The second kappa shape index (κ2) is 5.79. The summed E-state index contributed by atoms with van der Waals surface area (Å²) in [5.41, 5.74) is 0.714. The predicted molar refractivity (Wildman–Crippen MR) is 76.6 cm³/mol. The Bertz CT molecular complexity index is 587. The molecule has 2 rings (SSSR count). The van der Waals surface area contributed by atoms with Crippen LogP contribution in [0, 0.1) is 12.7 Å². The van der Waals surface area contributed by atoms with E-state index in [1.165, 1.54) is 16.4 Å². The van der Waals surface area contributed by atoms with Crippen molar-refractivity contribution in [1.82, 2.24) is 9.21 Å². The van der Waals surface area contributed by atoms with E-state index in [0.717, 1.165) is 12.8 Å². The Labute approximate surface area is 120 Å². The largest absolute Gasteiger partial charge is 0.305 e. The van der Waals surface area contributed by atoms with Crippen LogP contribution in [0.15, 0.2) is 23.1 Å². The molecule has 1 fully saturated rings. The van der Waals surface area contributed by atoms with Crippen LogP contribution < -0.4 is 0 Å². The van der Waals surface area contributed by atoms with E-state index in [-0.39, 0.29) is 10.9 Å². The minimum atomic E-state index is -3.74. The van der Waals surface area contributed by atoms with Gasteiger partial charge in [0.1, 0.15) is 10.7 Å². The number of aryl methyl sites for hydroxylation is 1. The Hall–Kier alpha value is -0.980. The highest BCUT2D eigenvalue weighted by Gasteiger charge is 2.32. The molecule has 1 heterocycles. The van der Waals surface area contributed by atoms with Crippen LogP contribution in [0.5, 0.6) is 0 Å². The molecule has 0 aromatic heterocycles. The van der Waals surface area contributed by atoms with Crippen molar-refractivity contribution in [3.05, 3.63) is 29.6 Å². The number of likely N-dealkylation sites (N-methyl/N-ethyl adjacent to an activating group) is 1. The van der Waals surface area contributed by atoms with Crippen LogP contribution in [-0.2, 0) is 10.0 Å². The summed E-state index contributed by atoms with van der Waals surface area (Å²) in [6, 6.07) is 4.44. The fourth-order valence-electron chi connectivity index (χ4n) is 2.51. The van der Waals surface area contributed by atoms with Crippen LogP contribution in [0.2, 0.25) is 0 Å². The van der Waals surface area contributed by atoms with Crippen molar-refractivity contribution in [2.24, 2.45) is 0 Å². The van der Waals surface area contributed by atoms with Gasteiger partial charge in [0.25, 0.3) is 0 Å². The molecule has 1 aliphatic rings. The molecule has 0 saturated carbocycles. The molecule has 1 aromatic carbocycles. The minimum Gasteiger partial charge on any atom is -0.305 e. The molecule has 1 aliphatic heterocycles. The maximum atomic E-state index is 13.9. The van der Waals surface area contributed by atoms with Crippen LogP contribution in [-0.4, -0.2) is 50.8 Å². The van der Waals surface area contributed by atoms with Crippen molar-refractivity contribution >= 4 is 10.0 Å². The zero-order valence-corrected chi connectivity index (χ0v) is 13.0. The number of halogens is 1. The summed E-state index contributed by atoms with van der Waals surface area (Å²) in [6.07, 6.45) is 1.77. The third kappa shape index (κ3) is 3.02. The molecular formula is C14H21FN2O2S. The van der Waals surface area contributed by atoms with E-state index in [1.54, 1.807) is 13.0 Å². The Morgan fingerprint density at radius 2 is 2.05 bits per heavy atom. The molecule has 0 spiro atoms. The third-order valence-corrected chi connectivity index (χ3v) is 5.69. The van der Waals surface area contributed by atoms with E-state index in [2.05, 4.69) is 0 Å². The van der Waals surface area contributed by atoms with Crippen LogP contribution in [0.3, 0.4) is 0 Å². The smallest absolute Gasteiger partial charge is 0.246 e. The van der Waals surface area contributed by atoms with Gasteiger partial charge in [0.2, 0.25) is 10.0 Å². The molecule has 20 heavy (non-hydrogen) atoms.